The van der Waals surface area contributed by atoms with Gasteiger partial charge in [0.2, 0.25) is 11.8 Å². The van der Waals surface area contributed by atoms with Crippen molar-refractivity contribution in [2.45, 2.75) is 70.4 Å². The third kappa shape index (κ3) is 5.07. The van der Waals surface area contributed by atoms with E-state index in [0.717, 1.165) is 23.4 Å². The molecule has 0 aromatic heterocycles. The Morgan fingerprint density at radius 1 is 1.15 bits per heavy atom. The smallest absolute Gasteiger partial charge is 0.332 e. The van der Waals surface area contributed by atoms with Gasteiger partial charge >= 0.3 is 5.97 Å². The second kappa shape index (κ2) is 9.34. The van der Waals surface area contributed by atoms with Crippen LogP contribution in [0.15, 0.2) is 18.2 Å². The van der Waals surface area contributed by atoms with E-state index >= 15 is 0 Å². The lowest BCUT2D eigenvalue weighted by atomic mass is 10.0. The first kappa shape index (κ1) is 24.2. The number of imide groups is 1. The fraction of sp³-hybridized carbons (Fsp3) is 0.583. The number of ether oxygens (including phenoxy) is 2. The number of rotatable bonds is 5. The molecular formula is C24H31N3O7. The van der Waals surface area contributed by atoms with E-state index in [1.165, 1.54) is 0 Å². The maximum absolute atomic E-state index is 13.1. The summed E-state index contributed by atoms with van der Waals surface area (Å²) in [5.74, 6) is -1.74. The molecule has 1 aromatic rings. The average Bonchev–Trinajstić information content (AvgIpc) is 3.01. The molecule has 10 nitrogen and oxygen atoms in total. The van der Waals surface area contributed by atoms with Crippen molar-refractivity contribution < 1.29 is 33.8 Å². The zero-order chi connectivity index (χ0) is 24.6. The molecule has 0 radical (unpaired) electrons. The van der Waals surface area contributed by atoms with Crippen molar-refractivity contribution in [1.29, 1.82) is 0 Å². The quantitative estimate of drug-likeness (QED) is 0.484. The normalized spacial score (nSPS) is 23.7. The summed E-state index contributed by atoms with van der Waals surface area (Å²) in [7, 11) is 0. The van der Waals surface area contributed by atoms with Crippen molar-refractivity contribution >= 4 is 29.4 Å². The number of esters is 1. The lowest BCUT2D eigenvalue weighted by Crippen LogP contribution is -2.53. The molecule has 2 N–H and O–H groups in total. The maximum Gasteiger partial charge on any atom is 0.332 e. The first-order chi connectivity index (χ1) is 16.0. The third-order valence-electron chi connectivity index (χ3n) is 6.25. The van der Waals surface area contributed by atoms with Crippen LogP contribution in [-0.4, -0.2) is 71.1 Å². The van der Waals surface area contributed by atoms with E-state index in [1.54, 1.807) is 12.1 Å². The summed E-state index contributed by atoms with van der Waals surface area (Å²) < 4.78 is 11.0. The number of hydrogen-bond donors (Lipinski definition) is 2. The van der Waals surface area contributed by atoms with Gasteiger partial charge in [0.15, 0.2) is 6.23 Å². The number of piperidine rings is 2. The van der Waals surface area contributed by atoms with Gasteiger partial charge in [0.25, 0.3) is 5.91 Å². The van der Waals surface area contributed by atoms with Crippen LogP contribution in [0.2, 0.25) is 0 Å². The van der Waals surface area contributed by atoms with Crippen LogP contribution in [0.1, 0.15) is 68.6 Å². The molecule has 2 unspecified atom stereocenters. The molecule has 3 aliphatic heterocycles. The van der Waals surface area contributed by atoms with Gasteiger partial charge in [0.1, 0.15) is 18.2 Å². The predicted octanol–water partition coefficient (Wildman–Crippen LogP) is 1.27. The molecule has 10 heteroatoms. The van der Waals surface area contributed by atoms with E-state index < -0.39 is 29.7 Å². The largest absolute Gasteiger partial charge is 0.458 e. The molecule has 2 atom stereocenters. The van der Waals surface area contributed by atoms with Crippen LogP contribution in [0, 0.1) is 0 Å². The van der Waals surface area contributed by atoms with E-state index in [2.05, 4.69) is 10.2 Å². The highest BCUT2D eigenvalue weighted by atomic mass is 16.6. The molecule has 0 saturated carbocycles. The van der Waals surface area contributed by atoms with Crippen LogP contribution in [0.5, 0.6) is 0 Å². The Morgan fingerprint density at radius 3 is 2.50 bits per heavy atom. The highest BCUT2D eigenvalue weighted by Gasteiger charge is 2.44. The molecule has 3 heterocycles. The Kier molecular flexibility index (Phi) is 6.64. The summed E-state index contributed by atoms with van der Waals surface area (Å²) in [4.78, 5) is 52.0. The van der Waals surface area contributed by atoms with Gasteiger partial charge in [0, 0.05) is 36.3 Å². The Bertz CT molecular complexity index is 995. The molecule has 1 aromatic carbocycles. The number of nitrogens with zero attached hydrogens (tertiary/aromatic N) is 2. The van der Waals surface area contributed by atoms with Gasteiger partial charge in [-0.25, -0.2) is 4.79 Å². The van der Waals surface area contributed by atoms with Crippen molar-refractivity contribution in [3.63, 3.8) is 0 Å². The van der Waals surface area contributed by atoms with Gasteiger partial charge in [-0.05, 0) is 52.2 Å². The number of fused-ring (bicyclic) bond motifs is 1. The summed E-state index contributed by atoms with van der Waals surface area (Å²) in [6.45, 7) is 6.73. The van der Waals surface area contributed by atoms with Crippen LogP contribution < -0.4 is 10.2 Å². The molecule has 2 saturated heterocycles. The standard InChI is InChI=1S/C24H31N3O7/c1-24(2,3)34-20(29)13-33-15-8-10-26(11-9-15)14-4-5-16-17(12-14)23(32)27(22(16)31)18-6-7-19(28)25-21(18)30/h4-5,12,15,18,22,31H,6-11,13H2,1-3H3,(H,25,28,30). The van der Waals surface area contributed by atoms with E-state index in [0.29, 0.717) is 24.2 Å². The molecule has 3 aliphatic rings. The van der Waals surface area contributed by atoms with Gasteiger partial charge in [-0.2, -0.15) is 0 Å². The summed E-state index contributed by atoms with van der Waals surface area (Å²) in [5, 5.41) is 13.0. The zero-order valence-electron chi connectivity index (χ0n) is 19.7. The van der Waals surface area contributed by atoms with Gasteiger partial charge < -0.3 is 19.5 Å². The van der Waals surface area contributed by atoms with Crippen LogP contribution >= 0.6 is 0 Å². The van der Waals surface area contributed by atoms with Crippen molar-refractivity contribution in [2.75, 3.05) is 24.6 Å². The summed E-state index contributed by atoms with van der Waals surface area (Å²) in [6.07, 6.45) is 0.472. The number of carbonyl (C=O) groups excluding carboxylic acids is 4. The van der Waals surface area contributed by atoms with Gasteiger partial charge in [-0.15, -0.1) is 0 Å². The van der Waals surface area contributed by atoms with Crippen molar-refractivity contribution in [2.24, 2.45) is 0 Å². The Hall–Kier alpha value is -2.98. The van der Waals surface area contributed by atoms with Gasteiger partial charge in [-0.1, -0.05) is 6.07 Å². The van der Waals surface area contributed by atoms with E-state index in [1.807, 2.05) is 26.8 Å². The Labute approximate surface area is 198 Å². The monoisotopic (exact) mass is 473 g/mol. The van der Waals surface area contributed by atoms with Crippen molar-refractivity contribution in [3.8, 4) is 0 Å². The number of nitrogens with one attached hydrogen (secondary N) is 1. The number of amides is 3. The average molecular weight is 474 g/mol. The minimum atomic E-state index is -1.23. The number of benzene rings is 1. The molecule has 3 amide bonds. The van der Waals surface area contributed by atoms with Crippen LogP contribution in [0.4, 0.5) is 5.69 Å². The fourth-order valence-electron chi connectivity index (χ4n) is 4.65. The number of aliphatic hydroxyl groups is 1. The van der Waals surface area contributed by atoms with E-state index in [9.17, 15) is 24.3 Å². The lowest BCUT2D eigenvalue weighted by Gasteiger charge is -2.33. The second-order valence-electron chi connectivity index (χ2n) is 9.91. The molecule has 0 aliphatic carbocycles. The summed E-state index contributed by atoms with van der Waals surface area (Å²) >= 11 is 0. The number of hydrogen-bond acceptors (Lipinski definition) is 8. The topological polar surface area (TPSA) is 125 Å². The Balaban J connectivity index is 1.36. The molecule has 0 bridgehead atoms. The van der Waals surface area contributed by atoms with E-state index in [-0.39, 0.29) is 37.4 Å². The number of aliphatic hydroxyl groups excluding tert-OH is 1. The van der Waals surface area contributed by atoms with Crippen molar-refractivity contribution in [1.82, 2.24) is 10.2 Å². The lowest BCUT2D eigenvalue weighted by molar-refractivity contribution is -0.162. The minimum absolute atomic E-state index is 0.0512. The zero-order valence-corrected chi connectivity index (χ0v) is 19.7. The van der Waals surface area contributed by atoms with Crippen LogP contribution in [-0.2, 0) is 23.9 Å². The van der Waals surface area contributed by atoms with Crippen LogP contribution in [0.3, 0.4) is 0 Å². The molecule has 2 fully saturated rings. The minimum Gasteiger partial charge on any atom is -0.458 e. The number of anilines is 1. The Morgan fingerprint density at radius 2 is 1.85 bits per heavy atom. The number of carbonyl (C=O) groups is 4. The van der Waals surface area contributed by atoms with E-state index in [4.69, 9.17) is 9.47 Å². The van der Waals surface area contributed by atoms with Gasteiger partial charge in [0.05, 0.1) is 6.10 Å². The fourth-order valence-corrected chi connectivity index (χ4v) is 4.65. The molecule has 34 heavy (non-hydrogen) atoms. The molecular weight excluding hydrogens is 442 g/mol. The maximum atomic E-state index is 13.1. The molecule has 4 rings (SSSR count). The molecule has 184 valence electrons. The van der Waals surface area contributed by atoms with Crippen LogP contribution in [0.25, 0.3) is 0 Å². The second-order valence-corrected chi connectivity index (χ2v) is 9.91. The SMILES string of the molecule is CC(C)(C)OC(=O)COC1CCN(c2ccc3c(c2)C(=O)N(C2CCC(=O)NC2=O)C3O)CC1. The first-order valence-electron chi connectivity index (χ1n) is 11.6. The summed E-state index contributed by atoms with van der Waals surface area (Å²) in [6, 6.07) is 4.43. The predicted molar refractivity (Wildman–Crippen MR) is 121 cm³/mol. The highest BCUT2D eigenvalue weighted by Crippen LogP contribution is 2.37. The summed E-state index contributed by atoms with van der Waals surface area (Å²) in [5.41, 5.74) is 1.11. The highest BCUT2D eigenvalue weighted by molar-refractivity contribution is 6.06. The molecule has 0 spiro atoms. The van der Waals surface area contributed by atoms with Crippen molar-refractivity contribution in [3.05, 3.63) is 29.3 Å². The third-order valence-corrected chi connectivity index (χ3v) is 6.25. The first-order valence-corrected chi connectivity index (χ1v) is 11.6. The van der Waals surface area contributed by atoms with Gasteiger partial charge in [-0.3, -0.25) is 24.6 Å².